The largest absolute Gasteiger partial charge is 0.481 e. The Morgan fingerprint density at radius 2 is 2.00 bits per heavy atom. The summed E-state index contributed by atoms with van der Waals surface area (Å²) in [6.45, 7) is 2.01. The Balaban J connectivity index is 1.59. The van der Waals surface area contributed by atoms with E-state index in [1.54, 1.807) is 25.7 Å². The molecule has 0 spiro atoms. The lowest BCUT2D eigenvalue weighted by molar-refractivity contribution is -0.0389. The third kappa shape index (κ3) is 4.23. The van der Waals surface area contributed by atoms with Gasteiger partial charge in [-0.15, -0.1) is 0 Å². The molecule has 2 aromatic heterocycles. The number of nitrogens with one attached hydrogen (secondary N) is 1. The van der Waals surface area contributed by atoms with E-state index >= 15 is 0 Å². The number of aryl methyl sites for hydroxylation is 1. The minimum atomic E-state index is -0.982. The molecule has 1 aliphatic rings. The minimum absolute atomic E-state index is 0.332. The van der Waals surface area contributed by atoms with E-state index in [0.29, 0.717) is 43.2 Å². The Kier molecular flexibility index (Phi) is 5.21. The Morgan fingerprint density at radius 1 is 1.21 bits per heavy atom. The first-order chi connectivity index (χ1) is 13.9. The molecule has 0 radical (unpaired) electrons. The zero-order valence-corrected chi connectivity index (χ0v) is 16.5. The maximum absolute atomic E-state index is 10.9. The topological polar surface area (TPSA) is 105 Å². The van der Waals surface area contributed by atoms with Crippen molar-refractivity contribution in [2.45, 2.75) is 44.3 Å². The van der Waals surface area contributed by atoms with Gasteiger partial charge in [-0.3, -0.25) is 0 Å². The summed E-state index contributed by atoms with van der Waals surface area (Å²) in [5.74, 6) is 0.933. The number of ether oxygens (including phenoxy) is 1. The standard InChI is InChI=1S/C21H25N5O3/c1-14-9-15(24-20-22-8-5-19(25-20)29-2)11-16(10-14)26-12-18(23-13-26)21(28)6-3-17(27)4-7-21/h5,8-13,17,27-28H,3-4,6-7H2,1-2H3,(H,22,24,25)/t17-,21-. The van der Waals surface area contributed by atoms with Gasteiger partial charge in [0, 0.05) is 29.8 Å². The summed E-state index contributed by atoms with van der Waals surface area (Å²) in [5.41, 5.74) is 2.46. The number of aliphatic hydroxyl groups is 2. The SMILES string of the molecule is COc1ccnc(Nc2cc(C)cc(-n3cnc([C@]4(O)CC[C@H](O)CC4)c3)c2)n1. The number of rotatable bonds is 5. The molecule has 0 bridgehead atoms. The van der Waals surface area contributed by atoms with E-state index in [-0.39, 0.29) is 6.10 Å². The third-order valence-corrected chi connectivity index (χ3v) is 5.30. The van der Waals surface area contributed by atoms with Crippen molar-refractivity contribution in [3.63, 3.8) is 0 Å². The van der Waals surface area contributed by atoms with Crippen molar-refractivity contribution in [2.75, 3.05) is 12.4 Å². The lowest BCUT2D eigenvalue weighted by Gasteiger charge is -2.32. The van der Waals surface area contributed by atoms with Crippen LogP contribution in [0.4, 0.5) is 11.6 Å². The van der Waals surface area contributed by atoms with E-state index in [0.717, 1.165) is 16.9 Å². The van der Waals surface area contributed by atoms with Gasteiger partial charge in [0.2, 0.25) is 11.8 Å². The van der Waals surface area contributed by atoms with Gasteiger partial charge < -0.3 is 24.8 Å². The molecule has 4 rings (SSSR count). The van der Waals surface area contributed by atoms with Gasteiger partial charge in [0.15, 0.2) is 0 Å². The lowest BCUT2D eigenvalue weighted by Crippen LogP contribution is -2.33. The Hall–Kier alpha value is -2.97. The Morgan fingerprint density at radius 3 is 2.76 bits per heavy atom. The fourth-order valence-corrected chi connectivity index (χ4v) is 3.67. The average Bonchev–Trinajstić information content (AvgIpc) is 3.21. The first kappa shape index (κ1) is 19.4. The molecule has 1 aliphatic carbocycles. The zero-order valence-electron chi connectivity index (χ0n) is 16.5. The molecule has 0 saturated heterocycles. The molecule has 1 fully saturated rings. The molecular formula is C21H25N5O3. The van der Waals surface area contributed by atoms with Gasteiger partial charge in [-0.05, 0) is 56.4 Å². The summed E-state index contributed by atoms with van der Waals surface area (Å²) < 4.78 is 7.03. The molecule has 0 amide bonds. The number of nitrogens with zero attached hydrogens (tertiary/aromatic N) is 4. The average molecular weight is 395 g/mol. The number of hydrogen-bond donors (Lipinski definition) is 3. The number of hydrogen-bond acceptors (Lipinski definition) is 7. The van der Waals surface area contributed by atoms with Gasteiger partial charge in [0.1, 0.15) is 5.60 Å². The zero-order chi connectivity index (χ0) is 20.4. The summed E-state index contributed by atoms with van der Waals surface area (Å²) >= 11 is 0. The van der Waals surface area contributed by atoms with Crippen LogP contribution in [0.3, 0.4) is 0 Å². The van der Waals surface area contributed by atoms with Crippen LogP contribution in [-0.4, -0.2) is 42.9 Å². The molecule has 8 nitrogen and oxygen atoms in total. The second-order valence-corrected chi connectivity index (χ2v) is 7.53. The van der Waals surface area contributed by atoms with Crippen LogP contribution >= 0.6 is 0 Å². The molecule has 2 heterocycles. The quantitative estimate of drug-likeness (QED) is 0.610. The van der Waals surface area contributed by atoms with Crippen molar-refractivity contribution in [1.82, 2.24) is 19.5 Å². The van der Waals surface area contributed by atoms with Crippen LogP contribution < -0.4 is 10.1 Å². The second kappa shape index (κ2) is 7.81. The molecule has 0 unspecified atom stereocenters. The number of imidazole rings is 1. The minimum Gasteiger partial charge on any atom is -0.481 e. The molecule has 3 aromatic rings. The molecule has 0 aliphatic heterocycles. The summed E-state index contributed by atoms with van der Waals surface area (Å²) in [6, 6.07) is 7.70. The molecule has 0 atom stereocenters. The van der Waals surface area contributed by atoms with Gasteiger partial charge in [-0.1, -0.05) is 0 Å². The van der Waals surface area contributed by atoms with Crippen LogP contribution in [0, 0.1) is 6.92 Å². The van der Waals surface area contributed by atoms with Gasteiger partial charge in [-0.25, -0.2) is 9.97 Å². The smallest absolute Gasteiger partial charge is 0.230 e. The number of methoxy groups -OCH3 is 1. The van der Waals surface area contributed by atoms with Gasteiger partial charge in [0.25, 0.3) is 0 Å². The van der Waals surface area contributed by atoms with Crippen molar-refractivity contribution in [2.24, 2.45) is 0 Å². The van der Waals surface area contributed by atoms with Crippen molar-refractivity contribution in [3.05, 3.63) is 54.2 Å². The Labute approximate surface area is 169 Å². The predicted octanol–water partition coefficient (Wildman–Crippen LogP) is 2.85. The summed E-state index contributed by atoms with van der Waals surface area (Å²) in [6.07, 6.45) is 7.07. The van der Waals surface area contributed by atoms with Gasteiger partial charge in [-0.2, -0.15) is 4.98 Å². The molecular weight excluding hydrogens is 370 g/mol. The fourth-order valence-electron chi connectivity index (χ4n) is 3.67. The second-order valence-electron chi connectivity index (χ2n) is 7.53. The van der Waals surface area contributed by atoms with Crippen LogP contribution in [0.25, 0.3) is 5.69 Å². The molecule has 152 valence electrons. The highest BCUT2D eigenvalue weighted by Crippen LogP contribution is 2.36. The van der Waals surface area contributed by atoms with Crippen LogP contribution in [0.1, 0.15) is 36.9 Å². The predicted molar refractivity (Wildman–Crippen MR) is 109 cm³/mol. The maximum Gasteiger partial charge on any atom is 0.230 e. The summed E-state index contributed by atoms with van der Waals surface area (Å²) in [4.78, 5) is 13.0. The van der Waals surface area contributed by atoms with E-state index in [9.17, 15) is 10.2 Å². The maximum atomic E-state index is 10.9. The van der Waals surface area contributed by atoms with Crippen LogP contribution in [-0.2, 0) is 5.60 Å². The summed E-state index contributed by atoms with van der Waals surface area (Å²) in [5, 5.41) is 23.9. The fraction of sp³-hybridized carbons (Fsp3) is 0.381. The number of benzene rings is 1. The third-order valence-electron chi connectivity index (χ3n) is 5.30. The summed E-state index contributed by atoms with van der Waals surface area (Å²) in [7, 11) is 1.56. The van der Waals surface area contributed by atoms with Crippen LogP contribution in [0.2, 0.25) is 0 Å². The van der Waals surface area contributed by atoms with E-state index < -0.39 is 5.60 Å². The van der Waals surface area contributed by atoms with E-state index in [1.165, 1.54) is 0 Å². The van der Waals surface area contributed by atoms with Crippen LogP contribution in [0.15, 0.2) is 43.0 Å². The highest BCUT2D eigenvalue weighted by molar-refractivity contribution is 5.59. The molecule has 3 N–H and O–H groups in total. The van der Waals surface area contributed by atoms with E-state index in [2.05, 4.69) is 20.3 Å². The van der Waals surface area contributed by atoms with Crippen molar-refractivity contribution in [3.8, 4) is 11.6 Å². The van der Waals surface area contributed by atoms with E-state index in [1.807, 2.05) is 35.9 Å². The first-order valence-electron chi connectivity index (χ1n) is 9.66. The first-order valence-corrected chi connectivity index (χ1v) is 9.66. The van der Waals surface area contributed by atoms with Crippen LogP contribution in [0.5, 0.6) is 5.88 Å². The molecule has 1 aromatic carbocycles. The molecule has 1 saturated carbocycles. The Bertz CT molecular complexity index is 995. The van der Waals surface area contributed by atoms with Gasteiger partial charge in [0.05, 0.1) is 25.2 Å². The lowest BCUT2D eigenvalue weighted by atomic mass is 9.81. The number of aromatic nitrogens is 4. The molecule has 8 heteroatoms. The normalized spacial score (nSPS) is 21.7. The van der Waals surface area contributed by atoms with Crippen molar-refractivity contribution < 1.29 is 14.9 Å². The monoisotopic (exact) mass is 395 g/mol. The van der Waals surface area contributed by atoms with Gasteiger partial charge >= 0.3 is 0 Å². The van der Waals surface area contributed by atoms with Crippen molar-refractivity contribution in [1.29, 1.82) is 0 Å². The highest BCUT2D eigenvalue weighted by Gasteiger charge is 2.36. The number of aliphatic hydroxyl groups excluding tert-OH is 1. The van der Waals surface area contributed by atoms with E-state index in [4.69, 9.17) is 4.74 Å². The molecule has 29 heavy (non-hydrogen) atoms. The number of anilines is 2. The highest BCUT2D eigenvalue weighted by atomic mass is 16.5. The van der Waals surface area contributed by atoms with Crippen molar-refractivity contribution >= 4 is 11.6 Å².